The first-order valence-corrected chi connectivity index (χ1v) is 10.9. The van der Waals surface area contributed by atoms with Crippen molar-refractivity contribution < 1.29 is 24.2 Å². The molecule has 0 aromatic rings. The number of ether oxygens (including phenoxy) is 1. The van der Waals surface area contributed by atoms with Crippen molar-refractivity contribution in [3.63, 3.8) is 0 Å². The van der Waals surface area contributed by atoms with Crippen molar-refractivity contribution in [2.24, 2.45) is 11.3 Å². The van der Waals surface area contributed by atoms with Crippen molar-refractivity contribution in [1.29, 1.82) is 0 Å². The SMILES string of the molecule is CCCCCCCCN1C(=O)[C@@H](CC(=O)O)C[C@@]2(C(=O)OCC)CCCC=C12. The third-order valence-electron chi connectivity index (χ3n) is 5.96. The number of unbranched alkanes of at least 4 members (excludes halogenated alkanes) is 5. The Kier molecular flexibility index (Phi) is 8.52. The molecule has 0 unspecified atom stereocenters. The van der Waals surface area contributed by atoms with Crippen LogP contribution < -0.4 is 0 Å². The summed E-state index contributed by atoms with van der Waals surface area (Å²) in [6.07, 6.45) is 11.0. The number of hydrogen-bond acceptors (Lipinski definition) is 4. The van der Waals surface area contributed by atoms with Gasteiger partial charge in [0, 0.05) is 12.2 Å². The molecule has 0 saturated carbocycles. The Bertz CT molecular complexity index is 600. The molecule has 0 spiro atoms. The van der Waals surface area contributed by atoms with E-state index in [2.05, 4.69) is 6.92 Å². The van der Waals surface area contributed by atoms with Gasteiger partial charge in [0.05, 0.1) is 18.9 Å². The number of esters is 1. The number of aliphatic carboxylic acids is 1. The van der Waals surface area contributed by atoms with Gasteiger partial charge in [0.15, 0.2) is 0 Å². The van der Waals surface area contributed by atoms with Gasteiger partial charge in [-0.3, -0.25) is 14.4 Å². The van der Waals surface area contributed by atoms with Crippen LogP contribution in [-0.4, -0.2) is 41.0 Å². The maximum absolute atomic E-state index is 13.1. The Morgan fingerprint density at radius 1 is 1.21 bits per heavy atom. The fourth-order valence-corrected chi connectivity index (χ4v) is 4.60. The molecule has 1 N–H and O–H groups in total. The summed E-state index contributed by atoms with van der Waals surface area (Å²) in [4.78, 5) is 39.1. The Morgan fingerprint density at radius 3 is 2.61 bits per heavy atom. The predicted molar refractivity (Wildman–Crippen MR) is 106 cm³/mol. The summed E-state index contributed by atoms with van der Waals surface area (Å²) in [6, 6.07) is 0. The van der Waals surface area contributed by atoms with Crippen LogP contribution in [0.25, 0.3) is 0 Å². The molecule has 1 aliphatic heterocycles. The number of rotatable bonds is 11. The molecular formula is C22H35NO5. The highest BCUT2D eigenvalue weighted by atomic mass is 16.5. The first kappa shape index (κ1) is 22.4. The van der Waals surface area contributed by atoms with E-state index in [4.69, 9.17) is 4.74 Å². The highest BCUT2D eigenvalue weighted by Crippen LogP contribution is 2.50. The van der Waals surface area contributed by atoms with Crippen LogP contribution in [0, 0.1) is 11.3 Å². The molecule has 6 nitrogen and oxygen atoms in total. The molecule has 2 rings (SSSR count). The zero-order chi connectivity index (χ0) is 20.6. The highest BCUT2D eigenvalue weighted by molar-refractivity contribution is 5.91. The van der Waals surface area contributed by atoms with Crippen LogP contribution in [0.2, 0.25) is 0 Å². The molecule has 0 radical (unpaired) electrons. The van der Waals surface area contributed by atoms with Gasteiger partial charge in [0.2, 0.25) is 5.91 Å². The van der Waals surface area contributed by atoms with Crippen LogP contribution in [0.15, 0.2) is 11.8 Å². The van der Waals surface area contributed by atoms with Crippen LogP contribution >= 0.6 is 0 Å². The number of allylic oxidation sites excluding steroid dienone is 1. The Morgan fingerprint density at radius 2 is 1.93 bits per heavy atom. The summed E-state index contributed by atoms with van der Waals surface area (Å²) in [5.74, 6) is -2.13. The lowest BCUT2D eigenvalue weighted by Crippen LogP contribution is -2.54. The van der Waals surface area contributed by atoms with Crippen molar-refractivity contribution in [1.82, 2.24) is 4.90 Å². The standard InChI is InChI=1S/C22H35NO5/c1-3-5-6-7-8-11-14-23-18-12-9-10-13-22(18,21(27)28-4-2)16-17(20(23)26)15-19(24)25/h12,17H,3-11,13-16H2,1-2H3,(H,24,25)/t17-,22-/m0/s1. The van der Waals surface area contributed by atoms with Crippen LogP contribution in [0.1, 0.15) is 84.5 Å². The third-order valence-corrected chi connectivity index (χ3v) is 5.96. The zero-order valence-corrected chi connectivity index (χ0v) is 17.4. The Labute approximate surface area is 168 Å². The lowest BCUT2D eigenvalue weighted by Gasteiger charge is -2.48. The van der Waals surface area contributed by atoms with Gasteiger partial charge < -0.3 is 14.7 Å². The molecule has 1 heterocycles. The van der Waals surface area contributed by atoms with E-state index in [1.807, 2.05) is 6.08 Å². The van der Waals surface area contributed by atoms with Gasteiger partial charge in [-0.25, -0.2) is 0 Å². The average molecular weight is 394 g/mol. The number of carbonyl (C=O) groups is 3. The first-order chi connectivity index (χ1) is 13.5. The van der Waals surface area contributed by atoms with Crippen molar-refractivity contribution >= 4 is 17.8 Å². The fourth-order valence-electron chi connectivity index (χ4n) is 4.60. The van der Waals surface area contributed by atoms with E-state index < -0.39 is 17.3 Å². The number of piperidine rings is 1. The predicted octanol–water partition coefficient (Wildman–Crippen LogP) is 4.29. The Balaban J connectivity index is 2.21. The molecule has 2 atom stereocenters. The summed E-state index contributed by atoms with van der Waals surface area (Å²) < 4.78 is 5.38. The number of carboxylic acids is 1. The van der Waals surface area contributed by atoms with E-state index in [-0.39, 0.29) is 31.3 Å². The molecule has 0 bridgehead atoms. The van der Waals surface area contributed by atoms with Gasteiger partial charge in [-0.05, 0) is 39.0 Å². The lowest BCUT2D eigenvalue weighted by molar-refractivity contribution is -0.163. The molecular weight excluding hydrogens is 358 g/mol. The molecule has 28 heavy (non-hydrogen) atoms. The maximum Gasteiger partial charge on any atom is 0.318 e. The van der Waals surface area contributed by atoms with E-state index in [1.165, 1.54) is 19.3 Å². The number of hydrogen-bond donors (Lipinski definition) is 1. The average Bonchev–Trinajstić information content (AvgIpc) is 2.66. The van der Waals surface area contributed by atoms with Crippen molar-refractivity contribution in [3.8, 4) is 0 Å². The number of likely N-dealkylation sites (tertiary alicyclic amines) is 1. The molecule has 1 aliphatic carbocycles. The second-order valence-corrected chi connectivity index (χ2v) is 8.04. The van der Waals surface area contributed by atoms with E-state index in [0.717, 1.165) is 37.8 Å². The topological polar surface area (TPSA) is 83.9 Å². The molecule has 2 aliphatic rings. The maximum atomic E-state index is 13.1. The number of fused-ring (bicyclic) bond motifs is 1. The number of carboxylic acid groups (broad SMARTS) is 1. The molecule has 1 saturated heterocycles. The minimum absolute atomic E-state index is 0.149. The molecule has 158 valence electrons. The molecule has 6 heteroatoms. The summed E-state index contributed by atoms with van der Waals surface area (Å²) in [6.45, 7) is 4.79. The van der Waals surface area contributed by atoms with Gasteiger partial charge in [-0.2, -0.15) is 0 Å². The van der Waals surface area contributed by atoms with Gasteiger partial charge in [0.25, 0.3) is 0 Å². The van der Waals surface area contributed by atoms with E-state index >= 15 is 0 Å². The zero-order valence-electron chi connectivity index (χ0n) is 17.4. The number of carbonyl (C=O) groups excluding carboxylic acids is 2. The van der Waals surface area contributed by atoms with Crippen molar-refractivity contribution in [3.05, 3.63) is 11.8 Å². The second-order valence-electron chi connectivity index (χ2n) is 8.04. The van der Waals surface area contributed by atoms with Crippen LogP contribution in [0.4, 0.5) is 0 Å². The van der Waals surface area contributed by atoms with E-state index in [0.29, 0.717) is 13.0 Å². The van der Waals surface area contributed by atoms with Crippen molar-refractivity contribution in [2.45, 2.75) is 84.5 Å². The molecule has 0 aromatic heterocycles. The highest BCUT2D eigenvalue weighted by Gasteiger charge is 2.54. The minimum atomic E-state index is -1.000. The fraction of sp³-hybridized carbons (Fsp3) is 0.773. The minimum Gasteiger partial charge on any atom is -0.481 e. The molecule has 1 amide bonds. The summed E-state index contributed by atoms with van der Waals surface area (Å²) in [5.41, 5.74) is -0.109. The summed E-state index contributed by atoms with van der Waals surface area (Å²) in [7, 11) is 0. The van der Waals surface area contributed by atoms with Gasteiger partial charge in [-0.1, -0.05) is 45.1 Å². The van der Waals surface area contributed by atoms with Crippen molar-refractivity contribution in [2.75, 3.05) is 13.2 Å². The molecule has 0 aromatic carbocycles. The van der Waals surface area contributed by atoms with E-state index in [9.17, 15) is 19.5 Å². The van der Waals surface area contributed by atoms with Crippen LogP contribution in [-0.2, 0) is 19.1 Å². The number of nitrogens with zero attached hydrogens (tertiary/aromatic N) is 1. The van der Waals surface area contributed by atoms with Crippen LogP contribution in [0.3, 0.4) is 0 Å². The largest absolute Gasteiger partial charge is 0.481 e. The van der Waals surface area contributed by atoms with Gasteiger partial charge in [-0.15, -0.1) is 0 Å². The van der Waals surface area contributed by atoms with Crippen LogP contribution in [0.5, 0.6) is 0 Å². The summed E-state index contributed by atoms with van der Waals surface area (Å²) >= 11 is 0. The number of amides is 1. The summed E-state index contributed by atoms with van der Waals surface area (Å²) in [5, 5.41) is 9.29. The third kappa shape index (κ3) is 5.15. The Hall–Kier alpha value is -1.85. The quantitative estimate of drug-likeness (QED) is 0.418. The normalized spacial score (nSPS) is 24.5. The van der Waals surface area contributed by atoms with Gasteiger partial charge >= 0.3 is 11.9 Å². The smallest absolute Gasteiger partial charge is 0.318 e. The monoisotopic (exact) mass is 393 g/mol. The first-order valence-electron chi connectivity index (χ1n) is 10.9. The van der Waals surface area contributed by atoms with Gasteiger partial charge in [0.1, 0.15) is 5.41 Å². The van der Waals surface area contributed by atoms with E-state index in [1.54, 1.807) is 11.8 Å². The second kappa shape index (κ2) is 10.6. The lowest BCUT2D eigenvalue weighted by atomic mass is 9.66. The molecule has 1 fully saturated rings.